The number of rotatable bonds is 3. The van der Waals surface area contributed by atoms with Gasteiger partial charge in [-0.3, -0.25) is 0 Å². The molecule has 106 valence electrons. The molecule has 0 saturated carbocycles. The van der Waals surface area contributed by atoms with Crippen LogP contribution in [0.4, 0.5) is 0 Å². The number of fused-ring (bicyclic) bond motifs is 1. The lowest BCUT2D eigenvalue weighted by atomic mass is 10.00. The molecule has 0 aliphatic heterocycles. The number of aromatic carboxylic acids is 1. The maximum atomic E-state index is 11.7. The highest BCUT2D eigenvalue weighted by Gasteiger charge is 2.21. The molecule has 0 bridgehead atoms. The maximum Gasteiger partial charge on any atom is 0.353 e. The maximum absolute atomic E-state index is 11.7. The van der Waals surface area contributed by atoms with Gasteiger partial charge >= 0.3 is 5.97 Å². The summed E-state index contributed by atoms with van der Waals surface area (Å²) in [6, 6.07) is 15.9. The van der Waals surface area contributed by atoms with Gasteiger partial charge in [-0.2, -0.15) is 0 Å². The van der Waals surface area contributed by atoms with Crippen LogP contribution in [0.2, 0.25) is 0 Å². The molecule has 0 saturated heterocycles. The van der Waals surface area contributed by atoms with Crippen molar-refractivity contribution in [1.29, 1.82) is 0 Å². The smallest absolute Gasteiger partial charge is 0.353 e. The van der Waals surface area contributed by atoms with Crippen LogP contribution in [0, 0.1) is 0 Å². The number of benzene rings is 2. The fraction of sp³-hybridized carbons (Fsp3) is 0.167. The first kappa shape index (κ1) is 13.4. The monoisotopic (exact) mass is 279 g/mol. The quantitative estimate of drug-likeness (QED) is 0.784. The summed E-state index contributed by atoms with van der Waals surface area (Å²) < 4.78 is 1.76. The SMILES string of the molecule is CCc1ccc2c(c1)c(-c1ccccc1)c(C(=O)O)n2C. The molecule has 0 unspecified atom stereocenters. The van der Waals surface area contributed by atoms with Crippen LogP contribution in [-0.2, 0) is 13.5 Å². The summed E-state index contributed by atoms with van der Waals surface area (Å²) in [5.74, 6) is -0.898. The molecule has 1 aromatic heterocycles. The molecule has 3 nitrogen and oxygen atoms in total. The van der Waals surface area contributed by atoms with Crippen LogP contribution in [0.5, 0.6) is 0 Å². The zero-order chi connectivity index (χ0) is 15.0. The Morgan fingerprint density at radius 2 is 1.86 bits per heavy atom. The van der Waals surface area contributed by atoms with E-state index in [0.29, 0.717) is 5.69 Å². The number of hydrogen-bond acceptors (Lipinski definition) is 1. The van der Waals surface area contributed by atoms with Gasteiger partial charge in [0.25, 0.3) is 0 Å². The van der Waals surface area contributed by atoms with Crippen molar-refractivity contribution in [2.24, 2.45) is 7.05 Å². The highest BCUT2D eigenvalue weighted by molar-refractivity contribution is 6.08. The van der Waals surface area contributed by atoms with Crippen molar-refractivity contribution in [3.8, 4) is 11.1 Å². The van der Waals surface area contributed by atoms with Crippen molar-refractivity contribution in [1.82, 2.24) is 4.57 Å². The molecule has 0 fully saturated rings. The molecule has 21 heavy (non-hydrogen) atoms. The first-order valence-electron chi connectivity index (χ1n) is 7.03. The Balaban J connectivity index is 2.44. The number of nitrogens with zero attached hydrogens (tertiary/aromatic N) is 1. The van der Waals surface area contributed by atoms with E-state index in [9.17, 15) is 9.90 Å². The van der Waals surface area contributed by atoms with Crippen LogP contribution < -0.4 is 0 Å². The lowest BCUT2D eigenvalue weighted by Crippen LogP contribution is -2.05. The standard InChI is InChI=1S/C18H17NO2/c1-3-12-9-10-15-14(11-12)16(13-7-5-4-6-8-13)17(18(20)21)19(15)2/h4-11H,3H2,1-2H3,(H,20,21). The van der Waals surface area contributed by atoms with Crippen LogP contribution in [0.25, 0.3) is 22.0 Å². The lowest BCUT2D eigenvalue weighted by Gasteiger charge is -2.03. The van der Waals surface area contributed by atoms with E-state index in [1.54, 1.807) is 4.57 Å². The van der Waals surface area contributed by atoms with Crippen LogP contribution in [-0.4, -0.2) is 15.6 Å². The normalized spacial score (nSPS) is 11.0. The number of aromatic nitrogens is 1. The number of hydrogen-bond donors (Lipinski definition) is 1. The van der Waals surface area contributed by atoms with Crippen molar-refractivity contribution >= 4 is 16.9 Å². The average molecular weight is 279 g/mol. The predicted octanol–water partition coefficient (Wildman–Crippen LogP) is 4.11. The molecule has 0 spiro atoms. The van der Waals surface area contributed by atoms with E-state index < -0.39 is 5.97 Å². The molecule has 3 heteroatoms. The summed E-state index contributed by atoms with van der Waals surface area (Å²) >= 11 is 0. The van der Waals surface area contributed by atoms with Gasteiger partial charge in [0.05, 0.1) is 0 Å². The Hall–Kier alpha value is -2.55. The molecule has 0 aliphatic carbocycles. The Morgan fingerprint density at radius 1 is 1.14 bits per heavy atom. The van der Waals surface area contributed by atoms with Gasteiger partial charge < -0.3 is 9.67 Å². The number of carboxylic acid groups (broad SMARTS) is 1. The summed E-state index contributed by atoms with van der Waals surface area (Å²) in [5, 5.41) is 10.6. The third-order valence-corrected chi connectivity index (χ3v) is 3.94. The number of carbonyl (C=O) groups is 1. The van der Waals surface area contributed by atoms with E-state index in [2.05, 4.69) is 19.1 Å². The van der Waals surface area contributed by atoms with Crippen molar-refractivity contribution in [3.05, 3.63) is 59.8 Å². The fourth-order valence-electron chi connectivity index (χ4n) is 2.86. The minimum atomic E-state index is -0.898. The van der Waals surface area contributed by atoms with E-state index in [1.165, 1.54) is 5.56 Å². The first-order chi connectivity index (χ1) is 10.1. The zero-order valence-corrected chi connectivity index (χ0v) is 12.1. The third kappa shape index (κ3) is 2.11. The largest absolute Gasteiger partial charge is 0.477 e. The molecule has 0 amide bonds. The summed E-state index contributed by atoms with van der Waals surface area (Å²) in [7, 11) is 1.81. The van der Waals surface area contributed by atoms with Gasteiger partial charge in [-0.25, -0.2) is 4.79 Å². The molecule has 0 aliphatic rings. The van der Waals surface area contributed by atoms with Crippen LogP contribution in [0.15, 0.2) is 48.5 Å². The number of carboxylic acids is 1. The van der Waals surface area contributed by atoms with E-state index in [4.69, 9.17) is 0 Å². The molecular weight excluding hydrogens is 262 g/mol. The number of aryl methyl sites for hydroxylation is 2. The topological polar surface area (TPSA) is 42.2 Å². The molecule has 0 atom stereocenters. The second kappa shape index (κ2) is 5.09. The van der Waals surface area contributed by atoms with E-state index in [-0.39, 0.29) is 0 Å². The first-order valence-corrected chi connectivity index (χ1v) is 7.03. The lowest BCUT2D eigenvalue weighted by molar-refractivity contribution is 0.0688. The van der Waals surface area contributed by atoms with Crippen LogP contribution in [0.3, 0.4) is 0 Å². The zero-order valence-electron chi connectivity index (χ0n) is 12.1. The Kier molecular flexibility index (Phi) is 3.26. The molecule has 2 aromatic carbocycles. The summed E-state index contributed by atoms with van der Waals surface area (Å²) in [5.41, 5.74) is 4.24. The van der Waals surface area contributed by atoms with Gasteiger partial charge in [-0.1, -0.05) is 43.3 Å². The van der Waals surface area contributed by atoms with Gasteiger partial charge in [0.15, 0.2) is 0 Å². The van der Waals surface area contributed by atoms with E-state index in [1.807, 2.05) is 43.4 Å². The minimum absolute atomic E-state index is 0.337. The van der Waals surface area contributed by atoms with E-state index in [0.717, 1.165) is 28.5 Å². The van der Waals surface area contributed by atoms with Crippen LogP contribution in [0.1, 0.15) is 23.0 Å². The van der Waals surface area contributed by atoms with Crippen molar-refractivity contribution in [3.63, 3.8) is 0 Å². The van der Waals surface area contributed by atoms with Crippen LogP contribution >= 0.6 is 0 Å². The van der Waals surface area contributed by atoms with Gasteiger partial charge in [0.2, 0.25) is 0 Å². The Bertz CT molecular complexity index is 816. The molecule has 1 heterocycles. The second-order valence-corrected chi connectivity index (χ2v) is 5.16. The second-order valence-electron chi connectivity index (χ2n) is 5.16. The molecule has 3 aromatic rings. The minimum Gasteiger partial charge on any atom is -0.477 e. The van der Waals surface area contributed by atoms with Crippen molar-refractivity contribution in [2.75, 3.05) is 0 Å². The molecule has 1 N–H and O–H groups in total. The van der Waals surface area contributed by atoms with Crippen molar-refractivity contribution in [2.45, 2.75) is 13.3 Å². The highest BCUT2D eigenvalue weighted by atomic mass is 16.4. The highest BCUT2D eigenvalue weighted by Crippen LogP contribution is 2.35. The summed E-state index contributed by atoms with van der Waals surface area (Å²) in [6.45, 7) is 2.10. The fourth-order valence-corrected chi connectivity index (χ4v) is 2.86. The van der Waals surface area contributed by atoms with Gasteiger partial charge in [-0.15, -0.1) is 0 Å². The summed E-state index contributed by atoms with van der Waals surface area (Å²) in [6.07, 6.45) is 0.932. The average Bonchev–Trinajstić information content (AvgIpc) is 2.80. The predicted molar refractivity (Wildman–Crippen MR) is 84.7 cm³/mol. The Labute approximate surface area is 123 Å². The van der Waals surface area contributed by atoms with E-state index >= 15 is 0 Å². The Morgan fingerprint density at radius 3 is 2.48 bits per heavy atom. The van der Waals surface area contributed by atoms with Gasteiger partial charge in [0, 0.05) is 23.5 Å². The molecule has 3 rings (SSSR count). The summed E-state index contributed by atoms with van der Waals surface area (Å²) in [4.78, 5) is 11.7. The van der Waals surface area contributed by atoms with Crippen molar-refractivity contribution < 1.29 is 9.90 Å². The molecule has 0 radical (unpaired) electrons. The third-order valence-electron chi connectivity index (χ3n) is 3.94. The van der Waals surface area contributed by atoms with Gasteiger partial charge in [-0.05, 0) is 29.7 Å². The molecular formula is C18H17NO2. The van der Waals surface area contributed by atoms with Gasteiger partial charge in [0.1, 0.15) is 5.69 Å².